The van der Waals surface area contributed by atoms with Gasteiger partial charge in [0.05, 0.1) is 22.9 Å². The van der Waals surface area contributed by atoms with Crippen LogP contribution in [0.5, 0.6) is 0 Å². The molecule has 0 radical (unpaired) electrons. The molecule has 0 aliphatic carbocycles. The van der Waals surface area contributed by atoms with Crippen LogP contribution in [0.1, 0.15) is 16.5 Å². The van der Waals surface area contributed by atoms with Crippen LogP contribution in [0.4, 0.5) is 0 Å². The smallest absolute Gasteiger partial charge is 0.225 e. The first kappa shape index (κ1) is 14.2. The van der Waals surface area contributed by atoms with Crippen LogP contribution in [-0.4, -0.2) is 17.6 Å². The van der Waals surface area contributed by atoms with Crippen LogP contribution in [-0.2, 0) is 11.2 Å². The van der Waals surface area contributed by atoms with Crippen LogP contribution in [0.3, 0.4) is 0 Å². The van der Waals surface area contributed by atoms with Crippen molar-refractivity contribution >= 4 is 33.2 Å². The van der Waals surface area contributed by atoms with E-state index >= 15 is 0 Å². The number of rotatable bonds is 5. The maximum absolute atomic E-state index is 11.9. The Kier molecular flexibility index (Phi) is 5.13. The molecular weight excluding hydrogens is 326 g/mol. The van der Waals surface area contributed by atoms with Gasteiger partial charge in [-0.25, -0.2) is 0 Å². The maximum atomic E-state index is 11.9. The molecule has 1 aromatic carbocycles. The van der Waals surface area contributed by atoms with Gasteiger partial charge in [-0.2, -0.15) is 0 Å². The van der Waals surface area contributed by atoms with Gasteiger partial charge < -0.3 is 10.4 Å². The fourth-order valence-corrected chi connectivity index (χ4v) is 3.25. The number of amides is 1. The van der Waals surface area contributed by atoms with Crippen molar-refractivity contribution in [1.82, 2.24) is 5.32 Å². The number of hydrogen-bond acceptors (Lipinski definition) is 3. The summed E-state index contributed by atoms with van der Waals surface area (Å²) < 4.78 is 1.01. The van der Waals surface area contributed by atoms with E-state index in [1.807, 2.05) is 42.5 Å². The molecule has 2 N–H and O–H groups in total. The van der Waals surface area contributed by atoms with Crippen molar-refractivity contribution in [2.75, 3.05) is 6.61 Å². The molecule has 2 rings (SSSR count). The second-order valence-corrected chi connectivity index (χ2v) is 6.64. The Hall–Kier alpha value is -1.17. The summed E-state index contributed by atoms with van der Waals surface area (Å²) in [5, 5.41) is 12.2. The lowest BCUT2D eigenvalue weighted by atomic mass is 10.1. The standard InChI is InChI=1S/C14H14BrNO2S/c15-13-7-6-11(19-13)8-14(18)16-12(9-17)10-4-2-1-3-5-10/h1-7,12,17H,8-9H2,(H,16,18). The summed E-state index contributed by atoms with van der Waals surface area (Å²) in [6, 6.07) is 13.0. The third-order valence-corrected chi connectivity index (χ3v) is 4.31. The molecule has 0 bridgehead atoms. The SMILES string of the molecule is O=C(Cc1ccc(Br)s1)NC(CO)c1ccccc1. The normalized spacial score (nSPS) is 12.1. The molecule has 5 heteroatoms. The van der Waals surface area contributed by atoms with E-state index < -0.39 is 0 Å². The van der Waals surface area contributed by atoms with E-state index in [-0.39, 0.29) is 18.6 Å². The van der Waals surface area contributed by atoms with Crippen molar-refractivity contribution in [2.24, 2.45) is 0 Å². The number of nitrogens with one attached hydrogen (secondary N) is 1. The average Bonchev–Trinajstić information content (AvgIpc) is 2.82. The Balaban J connectivity index is 1.97. The molecule has 1 amide bonds. The van der Waals surface area contributed by atoms with Gasteiger partial charge in [0.2, 0.25) is 5.91 Å². The first-order valence-electron chi connectivity index (χ1n) is 5.88. The molecule has 1 atom stereocenters. The molecule has 1 unspecified atom stereocenters. The van der Waals surface area contributed by atoms with E-state index in [4.69, 9.17) is 0 Å². The van der Waals surface area contributed by atoms with Gasteiger partial charge in [0.25, 0.3) is 0 Å². The molecule has 0 fully saturated rings. The van der Waals surface area contributed by atoms with Crippen LogP contribution in [0.2, 0.25) is 0 Å². The first-order valence-corrected chi connectivity index (χ1v) is 7.49. The van der Waals surface area contributed by atoms with Crippen LogP contribution in [0, 0.1) is 0 Å². The molecule has 3 nitrogen and oxygen atoms in total. The van der Waals surface area contributed by atoms with E-state index in [1.54, 1.807) is 0 Å². The summed E-state index contributed by atoms with van der Waals surface area (Å²) in [5.41, 5.74) is 0.908. The number of halogens is 1. The molecule has 0 spiro atoms. The number of benzene rings is 1. The Bertz CT molecular complexity index is 541. The third-order valence-electron chi connectivity index (χ3n) is 2.68. The molecule has 0 aliphatic heterocycles. The maximum Gasteiger partial charge on any atom is 0.225 e. The minimum Gasteiger partial charge on any atom is -0.394 e. The minimum atomic E-state index is -0.350. The highest BCUT2D eigenvalue weighted by Gasteiger charge is 2.14. The molecule has 1 aromatic heterocycles. The van der Waals surface area contributed by atoms with Gasteiger partial charge in [-0.15, -0.1) is 11.3 Å². The number of hydrogen-bond donors (Lipinski definition) is 2. The fraction of sp³-hybridized carbons (Fsp3) is 0.214. The average molecular weight is 340 g/mol. The fourth-order valence-electron chi connectivity index (χ4n) is 1.77. The van der Waals surface area contributed by atoms with Crippen LogP contribution < -0.4 is 5.32 Å². The van der Waals surface area contributed by atoms with E-state index in [1.165, 1.54) is 11.3 Å². The molecule has 1 heterocycles. The van der Waals surface area contributed by atoms with E-state index in [9.17, 15) is 9.90 Å². The zero-order valence-electron chi connectivity index (χ0n) is 10.2. The Morgan fingerprint density at radius 3 is 2.58 bits per heavy atom. The van der Waals surface area contributed by atoms with Crippen molar-refractivity contribution in [1.29, 1.82) is 0 Å². The summed E-state index contributed by atoms with van der Waals surface area (Å²) in [6.07, 6.45) is 0.333. The highest BCUT2D eigenvalue weighted by atomic mass is 79.9. The molecular formula is C14H14BrNO2S. The first-order chi connectivity index (χ1) is 9.19. The molecule has 0 aliphatic rings. The van der Waals surface area contributed by atoms with Crippen LogP contribution in [0.15, 0.2) is 46.3 Å². The summed E-state index contributed by atoms with van der Waals surface area (Å²) >= 11 is 4.91. The number of aliphatic hydroxyl groups excluding tert-OH is 1. The van der Waals surface area contributed by atoms with Crippen molar-refractivity contribution < 1.29 is 9.90 Å². The van der Waals surface area contributed by atoms with Crippen LogP contribution in [0.25, 0.3) is 0 Å². The summed E-state index contributed by atoms with van der Waals surface area (Å²) in [4.78, 5) is 12.9. The van der Waals surface area contributed by atoms with Crippen molar-refractivity contribution in [3.63, 3.8) is 0 Å². The molecule has 0 saturated carbocycles. The highest BCUT2D eigenvalue weighted by molar-refractivity contribution is 9.11. The van der Waals surface area contributed by atoms with Crippen molar-refractivity contribution in [2.45, 2.75) is 12.5 Å². The second-order valence-electron chi connectivity index (χ2n) is 4.10. The number of aliphatic hydroxyl groups is 1. The minimum absolute atomic E-state index is 0.0859. The van der Waals surface area contributed by atoms with Gasteiger partial charge in [-0.1, -0.05) is 30.3 Å². The zero-order valence-corrected chi connectivity index (χ0v) is 12.6. The number of thiophene rings is 1. The Morgan fingerprint density at radius 1 is 1.26 bits per heavy atom. The van der Waals surface area contributed by atoms with Gasteiger partial charge in [0.15, 0.2) is 0 Å². The van der Waals surface area contributed by atoms with E-state index in [2.05, 4.69) is 21.2 Å². The summed E-state index contributed by atoms with van der Waals surface area (Å²) in [7, 11) is 0. The monoisotopic (exact) mass is 339 g/mol. The molecule has 2 aromatic rings. The topological polar surface area (TPSA) is 49.3 Å². The van der Waals surface area contributed by atoms with Gasteiger partial charge in [0.1, 0.15) is 0 Å². The predicted octanol–water partition coefficient (Wildman–Crippen LogP) is 2.90. The number of carbonyl (C=O) groups excluding carboxylic acids is 1. The lowest BCUT2D eigenvalue weighted by Gasteiger charge is -2.16. The second kappa shape index (κ2) is 6.84. The number of carbonyl (C=O) groups is 1. The molecule has 19 heavy (non-hydrogen) atoms. The van der Waals surface area contributed by atoms with Gasteiger partial charge in [-0.3, -0.25) is 4.79 Å². The van der Waals surface area contributed by atoms with Crippen LogP contribution >= 0.6 is 27.3 Å². The van der Waals surface area contributed by atoms with Gasteiger partial charge in [0, 0.05) is 4.88 Å². The third kappa shape index (κ3) is 4.16. The largest absolute Gasteiger partial charge is 0.394 e. The lowest BCUT2D eigenvalue weighted by molar-refractivity contribution is -0.121. The quantitative estimate of drug-likeness (QED) is 0.879. The predicted molar refractivity (Wildman–Crippen MR) is 80.1 cm³/mol. The Labute approximate surface area is 124 Å². The van der Waals surface area contributed by atoms with Crippen molar-refractivity contribution in [3.8, 4) is 0 Å². The lowest BCUT2D eigenvalue weighted by Crippen LogP contribution is -2.31. The summed E-state index contributed by atoms with van der Waals surface area (Å²) in [6.45, 7) is -0.107. The van der Waals surface area contributed by atoms with Crippen molar-refractivity contribution in [3.05, 3.63) is 56.7 Å². The summed E-state index contributed by atoms with van der Waals surface area (Å²) in [5.74, 6) is -0.0859. The highest BCUT2D eigenvalue weighted by Crippen LogP contribution is 2.22. The van der Waals surface area contributed by atoms with Gasteiger partial charge in [-0.05, 0) is 33.6 Å². The Morgan fingerprint density at radius 2 is 2.00 bits per heavy atom. The van der Waals surface area contributed by atoms with Gasteiger partial charge >= 0.3 is 0 Å². The zero-order chi connectivity index (χ0) is 13.7. The molecule has 0 saturated heterocycles. The van der Waals surface area contributed by atoms with E-state index in [0.717, 1.165) is 14.2 Å². The molecule has 100 valence electrons. The van der Waals surface area contributed by atoms with E-state index in [0.29, 0.717) is 6.42 Å².